The maximum Gasteiger partial charge on any atom is 0.413 e. The summed E-state index contributed by atoms with van der Waals surface area (Å²) in [5.74, 6) is -0.765. The van der Waals surface area contributed by atoms with Gasteiger partial charge in [0.25, 0.3) is 5.91 Å². The molecule has 0 aliphatic carbocycles. The quantitative estimate of drug-likeness (QED) is 0.569. The summed E-state index contributed by atoms with van der Waals surface area (Å²) in [5.41, 5.74) is 1.29. The average Bonchev–Trinajstić information content (AvgIpc) is 3.03. The number of benzene rings is 1. The van der Waals surface area contributed by atoms with Crippen molar-refractivity contribution in [1.29, 1.82) is 0 Å². The fourth-order valence-corrected chi connectivity index (χ4v) is 3.56. The van der Waals surface area contributed by atoms with E-state index in [2.05, 4.69) is 9.72 Å². The van der Waals surface area contributed by atoms with E-state index in [1.807, 2.05) is 23.7 Å². The highest BCUT2D eigenvalue weighted by atomic mass is 32.2. The number of esters is 1. The molecule has 0 aliphatic heterocycles. The van der Waals surface area contributed by atoms with Gasteiger partial charge in [0, 0.05) is 16.0 Å². The van der Waals surface area contributed by atoms with Gasteiger partial charge in [-0.15, -0.1) is 23.1 Å². The summed E-state index contributed by atoms with van der Waals surface area (Å²) in [6.07, 6.45) is -0.872. The molecule has 2 aromatic rings. The topological polar surface area (TPSA) is 94.6 Å². The number of carbonyl (C=O) groups excluding carboxylic acids is 3. The van der Waals surface area contributed by atoms with Crippen LogP contribution >= 0.6 is 23.1 Å². The van der Waals surface area contributed by atoms with Crippen molar-refractivity contribution in [2.75, 3.05) is 13.2 Å². The van der Waals surface area contributed by atoms with Crippen LogP contribution < -0.4 is 5.32 Å². The van der Waals surface area contributed by atoms with Crippen molar-refractivity contribution >= 4 is 41.1 Å². The van der Waals surface area contributed by atoms with Crippen LogP contribution in [-0.4, -0.2) is 36.2 Å². The van der Waals surface area contributed by atoms with Crippen molar-refractivity contribution in [3.05, 3.63) is 45.9 Å². The maximum atomic E-state index is 12.3. The lowest BCUT2D eigenvalue weighted by molar-refractivity contribution is -0.123. The van der Waals surface area contributed by atoms with E-state index in [9.17, 15) is 14.4 Å². The Morgan fingerprint density at radius 1 is 1.23 bits per heavy atom. The highest BCUT2D eigenvalue weighted by Crippen LogP contribution is 2.27. The van der Waals surface area contributed by atoms with Gasteiger partial charge in [0.05, 0.1) is 22.9 Å². The molecule has 0 bridgehead atoms. The molecule has 138 valence electrons. The van der Waals surface area contributed by atoms with Crippen LogP contribution in [0.15, 0.2) is 34.5 Å². The van der Waals surface area contributed by atoms with Crippen molar-refractivity contribution in [2.45, 2.75) is 24.5 Å². The second-order valence-electron chi connectivity index (χ2n) is 4.99. The number of amides is 2. The molecule has 0 unspecified atom stereocenters. The van der Waals surface area contributed by atoms with E-state index in [0.29, 0.717) is 11.3 Å². The van der Waals surface area contributed by atoms with Gasteiger partial charge in [0.1, 0.15) is 0 Å². The lowest BCUT2D eigenvalue weighted by Gasteiger charge is -2.09. The van der Waals surface area contributed by atoms with Gasteiger partial charge in [-0.05, 0) is 26.0 Å². The molecule has 0 spiro atoms. The number of ether oxygens (including phenoxy) is 2. The van der Waals surface area contributed by atoms with Crippen molar-refractivity contribution in [1.82, 2.24) is 10.3 Å². The summed E-state index contributed by atoms with van der Waals surface area (Å²) in [6, 6.07) is 6.96. The van der Waals surface area contributed by atoms with Crippen LogP contribution in [0, 0.1) is 6.92 Å². The number of rotatable bonds is 7. The Hall–Kier alpha value is -2.39. The van der Waals surface area contributed by atoms with Crippen LogP contribution in [0.5, 0.6) is 0 Å². The minimum absolute atomic E-state index is 0.141. The van der Waals surface area contributed by atoms with E-state index in [0.717, 1.165) is 15.6 Å². The largest absolute Gasteiger partial charge is 0.452 e. The van der Waals surface area contributed by atoms with E-state index < -0.39 is 24.6 Å². The third-order valence-corrected chi connectivity index (χ3v) is 4.93. The normalized spacial score (nSPS) is 10.2. The molecule has 0 radical (unpaired) electrons. The first-order valence-corrected chi connectivity index (χ1v) is 9.62. The van der Waals surface area contributed by atoms with Gasteiger partial charge in [0.2, 0.25) is 0 Å². The smallest absolute Gasteiger partial charge is 0.413 e. The fourth-order valence-electron chi connectivity index (χ4n) is 1.91. The zero-order valence-corrected chi connectivity index (χ0v) is 15.9. The number of hydrogen-bond donors (Lipinski definition) is 1. The third-order valence-electron chi connectivity index (χ3n) is 3.00. The van der Waals surface area contributed by atoms with Gasteiger partial charge >= 0.3 is 12.1 Å². The summed E-state index contributed by atoms with van der Waals surface area (Å²) in [7, 11) is 0. The number of thioether (sulfide) groups is 1. The van der Waals surface area contributed by atoms with E-state index in [-0.39, 0.29) is 6.61 Å². The Morgan fingerprint density at radius 3 is 2.69 bits per heavy atom. The standard InChI is InChI=1S/C17H18N2O5S2/c1-3-23-17(22)19-15(20)8-24-16(21)13-6-4-5-7-14(13)26-10-12-9-25-11(2)18-12/h4-7,9H,3,8,10H2,1-2H3,(H,19,20,22). The van der Waals surface area contributed by atoms with E-state index in [1.54, 1.807) is 36.5 Å². The van der Waals surface area contributed by atoms with E-state index in [4.69, 9.17) is 4.74 Å². The monoisotopic (exact) mass is 394 g/mol. The fraction of sp³-hybridized carbons (Fsp3) is 0.294. The Balaban J connectivity index is 1.92. The Labute approximate surface area is 159 Å². The first-order valence-electron chi connectivity index (χ1n) is 7.76. The molecule has 0 atom stereocenters. The Morgan fingerprint density at radius 2 is 2.00 bits per heavy atom. The number of aromatic nitrogens is 1. The van der Waals surface area contributed by atoms with Crippen LogP contribution in [0.25, 0.3) is 0 Å². The second-order valence-corrected chi connectivity index (χ2v) is 7.07. The first-order chi connectivity index (χ1) is 12.5. The number of nitrogens with one attached hydrogen (secondary N) is 1. The predicted octanol–water partition coefficient (Wildman–Crippen LogP) is 3.17. The molecule has 2 rings (SSSR count). The lowest BCUT2D eigenvalue weighted by Crippen LogP contribution is -2.34. The van der Waals surface area contributed by atoms with Gasteiger partial charge in [-0.3, -0.25) is 10.1 Å². The van der Waals surface area contributed by atoms with Gasteiger partial charge < -0.3 is 9.47 Å². The number of hydrogen-bond acceptors (Lipinski definition) is 8. The number of alkyl carbamates (subject to hydrolysis) is 1. The third kappa shape index (κ3) is 6.16. The number of carbonyl (C=O) groups is 3. The second kappa shape index (κ2) is 9.93. The van der Waals surface area contributed by atoms with Gasteiger partial charge in [-0.25, -0.2) is 14.6 Å². The molecule has 7 nitrogen and oxygen atoms in total. The molecule has 0 aliphatic rings. The van der Waals surface area contributed by atoms with Gasteiger partial charge in [-0.2, -0.15) is 0 Å². The van der Waals surface area contributed by atoms with Crippen LogP contribution in [0.3, 0.4) is 0 Å². The molecule has 0 saturated carbocycles. The summed E-state index contributed by atoms with van der Waals surface area (Å²) in [6.45, 7) is 3.13. The molecular weight excluding hydrogens is 376 g/mol. The highest BCUT2D eigenvalue weighted by molar-refractivity contribution is 7.98. The number of nitrogens with zero attached hydrogens (tertiary/aromatic N) is 1. The van der Waals surface area contributed by atoms with Crippen LogP contribution in [0.1, 0.15) is 28.0 Å². The van der Waals surface area contributed by atoms with Crippen molar-refractivity contribution in [3.8, 4) is 0 Å². The molecule has 1 N–H and O–H groups in total. The highest BCUT2D eigenvalue weighted by Gasteiger charge is 2.16. The van der Waals surface area contributed by atoms with Crippen molar-refractivity contribution in [3.63, 3.8) is 0 Å². The predicted molar refractivity (Wildman–Crippen MR) is 98.3 cm³/mol. The summed E-state index contributed by atoms with van der Waals surface area (Å²) in [4.78, 5) is 40.1. The number of imide groups is 1. The minimum atomic E-state index is -0.872. The van der Waals surface area contributed by atoms with E-state index in [1.165, 1.54) is 11.8 Å². The van der Waals surface area contributed by atoms with Crippen LogP contribution in [0.2, 0.25) is 0 Å². The molecule has 9 heteroatoms. The lowest BCUT2D eigenvalue weighted by atomic mass is 10.2. The molecular formula is C17H18N2O5S2. The maximum absolute atomic E-state index is 12.3. The summed E-state index contributed by atoms with van der Waals surface area (Å²) >= 11 is 3.03. The van der Waals surface area contributed by atoms with Crippen LogP contribution in [0.4, 0.5) is 4.79 Å². The van der Waals surface area contributed by atoms with Gasteiger partial charge in [0.15, 0.2) is 6.61 Å². The molecule has 1 heterocycles. The summed E-state index contributed by atoms with van der Waals surface area (Å²) in [5, 5.41) is 4.92. The zero-order valence-electron chi connectivity index (χ0n) is 14.3. The molecule has 0 saturated heterocycles. The van der Waals surface area contributed by atoms with Crippen molar-refractivity contribution < 1.29 is 23.9 Å². The molecule has 1 aromatic carbocycles. The molecule has 0 fully saturated rings. The average molecular weight is 394 g/mol. The van der Waals surface area contributed by atoms with Crippen molar-refractivity contribution in [2.24, 2.45) is 0 Å². The molecule has 1 aromatic heterocycles. The van der Waals surface area contributed by atoms with Gasteiger partial charge in [-0.1, -0.05) is 12.1 Å². The first kappa shape index (κ1) is 19.9. The Bertz CT molecular complexity index is 791. The number of thiazole rings is 1. The SMILES string of the molecule is CCOC(=O)NC(=O)COC(=O)c1ccccc1SCc1csc(C)n1. The summed E-state index contributed by atoms with van der Waals surface area (Å²) < 4.78 is 9.56. The number of aryl methyl sites for hydroxylation is 1. The Kier molecular flexibility index (Phi) is 7.61. The minimum Gasteiger partial charge on any atom is -0.452 e. The molecule has 2 amide bonds. The van der Waals surface area contributed by atoms with E-state index >= 15 is 0 Å². The van der Waals surface area contributed by atoms with Crippen LogP contribution in [-0.2, 0) is 20.0 Å². The molecule has 26 heavy (non-hydrogen) atoms. The zero-order chi connectivity index (χ0) is 18.9.